The lowest BCUT2D eigenvalue weighted by molar-refractivity contribution is 0.209. The van der Waals surface area contributed by atoms with Crippen LogP contribution in [0.15, 0.2) is 65.5 Å². The van der Waals surface area contributed by atoms with Gasteiger partial charge in [-0.25, -0.2) is 0 Å². The highest BCUT2D eigenvalue weighted by atomic mass is 16.3. The summed E-state index contributed by atoms with van der Waals surface area (Å²) in [5, 5.41) is 9.99. The molecule has 3 aromatic rings. The van der Waals surface area contributed by atoms with Crippen LogP contribution in [0.5, 0.6) is 5.75 Å². The van der Waals surface area contributed by atoms with Crippen LogP contribution in [0.25, 0.3) is 11.1 Å². The average molecular weight is 415 g/mol. The molecule has 0 radical (unpaired) electrons. The summed E-state index contributed by atoms with van der Waals surface area (Å²) in [5.41, 5.74) is 8.62. The van der Waals surface area contributed by atoms with Crippen LogP contribution in [0.1, 0.15) is 42.5 Å². The molecule has 2 aromatic carbocycles. The van der Waals surface area contributed by atoms with E-state index in [1.54, 1.807) is 12.3 Å². The minimum absolute atomic E-state index is 0.334. The Bertz CT molecular complexity index is 1070. The van der Waals surface area contributed by atoms with E-state index in [1.165, 1.54) is 33.5 Å². The summed E-state index contributed by atoms with van der Waals surface area (Å²) in [4.78, 5) is 5.03. The number of allylic oxidation sites excluding steroid dienone is 1. The molecule has 4 heteroatoms. The number of nitrogens with zero attached hydrogens (tertiary/aromatic N) is 2. The maximum atomic E-state index is 9.99. The van der Waals surface area contributed by atoms with Gasteiger partial charge < -0.3 is 14.4 Å². The summed E-state index contributed by atoms with van der Waals surface area (Å²) in [5.74, 6) is 0.334. The van der Waals surface area contributed by atoms with E-state index >= 15 is 0 Å². The molecule has 1 fully saturated rings. The van der Waals surface area contributed by atoms with Gasteiger partial charge in [-0.2, -0.15) is 0 Å². The molecule has 31 heavy (non-hydrogen) atoms. The summed E-state index contributed by atoms with van der Waals surface area (Å²) in [6.45, 7) is 8.93. The second-order valence-corrected chi connectivity index (χ2v) is 8.87. The topological polar surface area (TPSA) is 39.9 Å². The lowest BCUT2D eigenvalue weighted by Crippen LogP contribution is -2.48. The number of phenols is 1. The van der Waals surface area contributed by atoms with Crippen molar-refractivity contribution in [1.82, 2.24) is 4.90 Å². The zero-order chi connectivity index (χ0) is 21.4. The molecule has 0 amide bonds. The number of benzene rings is 2. The van der Waals surface area contributed by atoms with E-state index in [0.717, 1.165) is 44.6 Å². The fourth-order valence-corrected chi connectivity index (χ4v) is 4.97. The zero-order valence-corrected chi connectivity index (χ0v) is 18.3. The van der Waals surface area contributed by atoms with Gasteiger partial charge in [-0.05, 0) is 84.9 Å². The highest BCUT2D eigenvalue weighted by molar-refractivity contribution is 6.00. The maximum Gasteiger partial charge on any atom is 0.115 e. The maximum absolute atomic E-state index is 9.99. The first kappa shape index (κ1) is 20.0. The lowest BCUT2D eigenvalue weighted by Gasteiger charge is -2.38. The van der Waals surface area contributed by atoms with Crippen LogP contribution >= 0.6 is 0 Å². The third kappa shape index (κ3) is 3.88. The summed E-state index contributed by atoms with van der Waals surface area (Å²) in [6.07, 6.45) is 5.44. The fraction of sp³-hybridized carbons (Fsp3) is 0.333. The highest BCUT2D eigenvalue weighted by Gasteiger charge is 2.23. The molecule has 0 atom stereocenters. The molecular formula is C27H30N2O2. The number of fused-ring (bicyclic) bond motifs is 1. The van der Waals surface area contributed by atoms with Gasteiger partial charge in [-0.3, -0.25) is 4.90 Å². The van der Waals surface area contributed by atoms with Crippen LogP contribution in [-0.4, -0.2) is 42.2 Å². The van der Waals surface area contributed by atoms with Crippen molar-refractivity contribution >= 4 is 16.8 Å². The first-order valence-electron chi connectivity index (χ1n) is 11.3. The molecule has 0 bridgehead atoms. The van der Waals surface area contributed by atoms with Crippen LogP contribution in [0, 0.1) is 0 Å². The number of rotatable bonds is 4. The van der Waals surface area contributed by atoms with Crippen molar-refractivity contribution in [3.8, 4) is 5.75 Å². The SMILES string of the molecule is CC(C)N1CCN(c2ccc(C3=C(c4ccoc4)CCc4cc(O)ccc43)cc2)CC1. The minimum atomic E-state index is 0.334. The van der Waals surface area contributed by atoms with E-state index in [2.05, 4.69) is 54.0 Å². The van der Waals surface area contributed by atoms with E-state index in [1.807, 2.05) is 18.4 Å². The Morgan fingerprint density at radius 3 is 2.32 bits per heavy atom. The first-order chi connectivity index (χ1) is 15.1. The second kappa shape index (κ2) is 8.27. The molecule has 0 unspecified atom stereocenters. The van der Waals surface area contributed by atoms with Crippen LogP contribution in [0.2, 0.25) is 0 Å². The molecule has 1 saturated heterocycles. The molecule has 2 aliphatic rings. The zero-order valence-electron chi connectivity index (χ0n) is 18.3. The standard InChI is InChI=1S/C27H30N2O2/c1-19(2)28-12-14-29(15-13-28)23-6-3-20(4-7-23)27-25-10-8-24(30)17-21(25)5-9-26(27)22-11-16-31-18-22/h3-4,6-8,10-11,16-19,30H,5,9,12-15H2,1-2H3. The van der Waals surface area contributed by atoms with Gasteiger partial charge in [0, 0.05) is 43.5 Å². The molecule has 0 saturated carbocycles. The Morgan fingerprint density at radius 1 is 0.871 bits per heavy atom. The van der Waals surface area contributed by atoms with Crippen molar-refractivity contribution in [2.24, 2.45) is 0 Å². The average Bonchev–Trinajstić information content (AvgIpc) is 3.33. The molecule has 160 valence electrons. The minimum Gasteiger partial charge on any atom is -0.508 e. The molecule has 1 aliphatic heterocycles. The summed E-state index contributed by atoms with van der Waals surface area (Å²) < 4.78 is 5.40. The summed E-state index contributed by atoms with van der Waals surface area (Å²) >= 11 is 0. The smallest absolute Gasteiger partial charge is 0.115 e. The van der Waals surface area contributed by atoms with Crippen molar-refractivity contribution in [1.29, 1.82) is 0 Å². The number of phenolic OH excluding ortho intramolecular Hbond substituents is 1. The Balaban J connectivity index is 1.49. The van der Waals surface area contributed by atoms with E-state index < -0.39 is 0 Å². The molecular weight excluding hydrogens is 384 g/mol. The van der Waals surface area contributed by atoms with Gasteiger partial charge in [0.1, 0.15) is 5.75 Å². The van der Waals surface area contributed by atoms with Gasteiger partial charge in [-0.1, -0.05) is 18.2 Å². The highest BCUT2D eigenvalue weighted by Crippen LogP contribution is 2.42. The number of anilines is 1. The molecule has 1 aromatic heterocycles. The Labute approximate surface area is 184 Å². The Kier molecular flexibility index (Phi) is 5.33. The first-order valence-corrected chi connectivity index (χ1v) is 11.3. The normalized spacial score (nSPS) is 17.3. The monoisotopic (exact) mass is 414 g/mol. The van der Waals surface area contributed by atoms with Crippen LogP contribution in [0.3, 0.4) is 0 Å². The predicted octanol–water partition coefficient (Wildman–Crippen LogP) is 5.42. The Hall–Kier alpha value is -2.98. The largest absolute Gasteiger partial charge is 0.508 e. The summed E-state index contributed by atoms with van der Waals surface area (Å²) in [6, 6.07) is 17.4. The van der Waals surface area contributed by atoms with Gasteiger partial charge in [0.05, 0.1) is 12.5 Å². The van der Waals surface area contributed by atoms with E-state index in [4.69, 9.17) is 4.42 Å². The number of aryl methyl sites for hydroxylation is 1. The third-order valence-electron chi connectivity index (χ3n) is 6.74. The molecule has 1 aliphatic carbocycles. The van der Waals surface area contributed by atoms with Crippen molar-refractivity contribution in [3.63, 3.8) is 0 Å². The van der Waals surface area contributed by atoms with E-state index in [9.17, 15) is 5.11 Å². The van der Waals surface area contributed by atoms with Crippen molar-refractivity contribution in [2.75, 3.05) is 31.1 Å². The van der Waals surface area contributed by atoms with Gasteiger partial charge in [0.2, 0.25) is 0 Å². The molecule has 5 rings (SSSR count). The van der Waals surface area contributed by atoms with Gasteiger partial charge in [0.15, 0.2) is 0 Å². The lowest BCUT2D eigenvalue weighted by atomic mass is 9.80. The quantitative estimate of drug-likeness (QED) is 0.619. The van der Waals surface area contributed by atoms with Crippen molar-refractivity contribution < 1.29 is 9.52 Å². The van der Waals surface area contributed by atoms with E-state index in [0.29, 0.717) is 11.8 Å². The molecule has 4 nitrogen and oxygen atoms in total. The van der Waals surface area contributed by atoms with Crippen LogP contribution in [-0.2, 0) is 6.42 Å². The van der Waals surface area contributed by atoms with Crippen LogP contribution < -0.4 is 4.90 Å². The molecule has 0 spiro atoms. The van der Waals surface area contributed by atoms with Crippen molar-refractivity contribution in [2.45, 2.75) is 32.7 Å². The van der Waals surface area contributed by atoms with Gasteiger partial charge in [-0.15, -0.1) is 0 Å². The number of piperazine rings is 1. The van der Waals surface area contributed by atoms with E-state index in [-0.39, 0.29) is 0 Å². The molecule has 2 heterocycles. The van der Waals surface area contributed by atoms with Crippen LogP contribution in [0.4, 0.5) is 5.69 Å². The number of hydrogen-bond donors (Lipinski definition) is 1. The van der Waals surface area contributed by atoms with Crippen molar-refractivity contribution in [3.05, 3.63) is 83.3 Å². The van der Waals surface area contributed by atoms with Gasteiger partial charge >= 0.3 is 0 Å². The Morgan fingerprint density at radius 2 is 1.65 bits per heavy atom. The number of aromatic hydroxyl groups is 1. The summed E-state index contributed by atoms with van der Waals surface area (Å²) in [7, 11) is 0. The third-order valence-corrected chi connectivity index (χ3v) is 6.74. The number of hydrogen-bond acceptors (Lipinski definition) is 4. The second-order valence-electron chi connectivity index (χ2n) is 8.87. The predicted molar refractivity (Wildman–Crippen MR) is 126 cm³/mol. The van der Waals surface area contributed by atoms with Gasteiger partial charge in [0.25, 0.3) is 0 Å². The number of furan rings is 1. The molecule has 1 N–H and O–H groups in total. The fourth-order valence-electron chi connectivity index (χ4n) is 4.97.